The van der Waals surface area contributed by atoms with Crippen molar-refractivity contribution in [3.8, 4) is 11.1 Å². The Morgan fingerprint density at radius 3 is 2.26 bits per heavy atom. The summed E-state index contributed by atoms with van der Waals surface area (Å²) in [7, 11) is 0. The summed E-state index contributed by atoms with van der Waals surface area (Å²) < 4.78 is 5.46. The molecule has 5 N–H and O–H groups in total. The topological polar surface area (TPSA) is 150 Å². The van der Waals surface area contributed by atoms with Gasteiger partial charge in [-0.15, -0.1) is 0 Å². The number of halogens is 1. The highest BCUT2D eigenvalue weighted by molar-refractivity contribution is 6.34. The fraction of sp³-hybridized carbons (Fsp3) is 0.143. The number of carbonyl (C=O) groups excluding carboxylic acids is 3. The van der Waals surface area contributed by atoms with Crippen LogP contribution < -0.4 is 16.0 Å². The van der Waals surface area contributed by atoms with Crippen molar-refractivity contribution in [2.75, 3.05) is 13.2 Å². The Hall–Kier alpha value is -5.61. The van der Waals surface area contributed by atoms with Gasteiger partial charge in [-0.3, -0.25) is 9.59 Å². The second-order valence-electron chi connectivity index (χ2n) is 10.8. The molecule has 0 fully saturated rings. The molecule has 0 aliphatic heterocycles. The molecule has 11 heteroatoms. The summed E-state index contributed by atoms with van der Waals surface area (Å²) in [5, 5.41) is 18.3. The standard InChI is InChI=1S/C35H29ClN4O6/c36-29-16-20(32(41)38-17-21-6-5-11-30-22(21)14-15-37-30)12-13-27(29)33(42)40-31(34(43)44)18-39-35(45)46-19-28-25-9-3-1-7-23(25)24-8-2-4-10-26(24)28/h1-16,28,31,37H,17-19H2,(H,38,41)(H,39,45)(H,40,42)(H,43,44)/t31-/m0/s1. The number of carboxylic acid groups (broad SMARTS) is 1. The number of aliphatic carboxylic acids is 1. The van der Waals surface area contributed by atoms with E-state index in [1.807, 2.05) is 79.0 Å². The zero-order valence-electron chi connectivity index (χ0n) is 24.4. The molecule has 0 spiro atoms. The van der Waals surface area contributed by atoms with Crippen molar-refractivity contribution in [3.05, 3.63) is 130 Å². The smallest absolute Gasteiger partial charge is 0.407 e. The van der Waals surface area contributed by atoms with Gasteiger partial charge < -0.3 is 30.8 Å². The third-order valence-corrected chi connectivity index (χ3v) is 8.31. The highest BCUT2D eigenvalue weighted by Gasteiger charge is 2.29. The molecule has 232 valence electrons. The molecule has 1 atom stereocenters. The van der Waals surface area contributed by atoms with Gasteiger partial charge in [0.1, 0.15) is 12.6 Å². The Bertz CT molecular complexity index is 1930. The van der Waals surface area contributed by atoms with Gasteiger partial charge in [0.05, 0.1) is 17.1 Å². The van der Waals surface area contributed by atoms with Gasteiger partial charge in [-0.1, -0.05) is 72.3 Å². The van der Waals surface area contributed by atoms with Crippen LogP contribution in [0.15, 0.2) is 97.2 Å². The van der Waals surface area contributed by atoms with Gasteiger partial charge in [0.25, 0.3) is 11.8 Å². The van der Waals surface area contributed by atoms with Crippen LogP contribution in [0.5, 0.6) is 0 Å². The maximum atomic E-state index is 12.9. The number of nitrogens with one attached hydrogen (secondary N) is 4. The average molecular weight is 637 g/mol. The Labute approximate surface area is 268 Å². The Morgan fingerprint density at radius 2 is 1.57 bits per heavy atom. The second-order valence-corrected chi connectivity index (χ2v) is 11.2. The summed E-state index contributed by atoms with van der Waals surface area (Å²) in [6, 6.07) is 26.1. The lowest BCUT2D eigenvalue weighted by Crippen LogP contribution is -2.48. The normalized spacial score (nSPS) is 12.5. The van der Waals surface area contributed by atoms with E-state index < -0.39 is 36.5 Å². The third-order valence-electron chi connectivity index (χ3n) is 8.00. The molecule has 1 heterocycles. The number of alkyl carbamates (subject to hydrolysis) is 1. The number of hydrogen-bond acceptors (Lipinski definition) is 5. The van der Waals surface area contributed by atoms with Gasteiger partial charge in [-0.2, -0.15) is 0 Å². The summed E-state index contributed by atoms with van der Waals surface area (Å²) in [6.45, 7) is -0.0874. The summed E-state index contributed by atoms with van der Waals surface area (Å²) in [5.74, 6) is -2.69. The summed E-state index contributed by atoms with van der Waals surface area (Å²) >= 11 is 6.33. The van der Waals surface area contributed by atoms with Crippen molar-refractivity contribution < 1.29 is 29.0 Å². The zero-order chi connectivity index (χ0) is 32.2. The number of ether oxygens (including phenoxy) is 1. The van der Waals surface area contributed by atoms with Gasteiger partial charge in [0, 0.05) is 35.1 Å². The number of benzene rings is 4. The van der Waals surface area contributed by atoms with E-state index >= 15 is 0 Å². The number of carboxylic acids is 1. The van der Waals surface area contributed by atoms with Crippen LogP contribution in [0.4, 0.5) is 4.79 Å². The molecule has 1 aromatic heterocycles. The van der Waals surface area contributed by atoms with Crippen LogP contribution in [-0.4, -0.2) is 53.2 Å². The molecule has 1 aliphatic rings. The van der Waals surface area contributed by atoms with Crippen LogP contribution in [0.3, 0.4) is 0 Å². The molecule has 4 aromatic carbocycles. The Kier molecular flexibility index (Phi) is 8.71. The minimum atomic E-state index is -1.47. The van der Waals surface area contributed by atoms with Gasteiger partial charge in [-0.05, 0) is 58.1 Å². The minimum absolute atomic E-state index is 0.0253. The number of fused-ring (bicyclic) bond motifs is 4. The fourth-order valence-corrected chi connectivity index (χ4v) is 5.96. The van der Waals surface area contributed by atoms with Crippen LogP contribution in [-0.2, 0) is 16.1 Å². The first-order valence-corrected chi connectivity index (χ1v) is 14.9. The van der Waals surface area contributed by atoms with Crippen LogP contribution in [0, 0.1) is 0 Å². The first kappa shape index (κ1) is 30.4. The molecule has 0 saturated heterocycles. The molecule has 3 amide bonds. The van der Waals surface area contributed by atoms with E-state index in [1.54, 1.807) is 0 Å². The van der Waals surface area contributed by atoms with E-state index in [4.69, 9.17) is 16.3 Å². The largest absolute Gasteiger partial charge is 0.480 e. The molecule has 6 rings (SSSR count). The molecular formula is C35H29ClN4O6. The van der Waals surface area contributed by atoms with E-state index in [1.165, 1.54) is 18.2 Å². The van der Waals surface area contributed by atoms with E-state index in [0.717, 1.165) is 38.7 Å². The summed E-state index contributed by atoms with van der Waals surface area (Å²) in [5.41, 5.74) is 6.34. The minimum Gasteiger partial charge on any atom is -0.480 e. The van der Waals surface area contributed by atoms with Crippen LogP contribution in [0.25, 0.3) is 22.0 Å². The molecule has 10 nitrogen and oxygen atoms in total. The highest BCUT2D eigenvalue weighted by Crippen LogP contribution is 2.44. The molecule has 5 aromatic rings. The third kappa shape index (κ3) is 6.29. The Morgan fingerprint density at radius 1 is 0.848 bits per heavy atom. The van der Waals surface area contributed by atoms with Crippen molar-refractivity contribution in [1.29, 1.82) is 0 Å². The molecular weight excluding hydrogens is 608 g/mol. The zero-order valence-corrected chi connectivity index (χ0v) is 25.1. The predicted octanol–water partition coefficient (Wildman–Crippen LogP) is 5.47. The molecule has 0 radical (unpaired) electrons. The molecule has 0 unspecified atom stereocenters. The van der Waals surface area contributed by atoms with Crippen molar-refractivity contribution in [3.63, 3.8) is 0 Å². The number of rotatable bonds is 10. The molecule has 46 heavy (non-hydrogen) atoms. The number of H-pyrrole nitrogens is 1. The lowest BCUT2D eigenvalue weighted by Gasteiger charge is -2.17. The number of amides is 3. The van der Waals surface area contributed by atoms with E-state index in [2.05, 4.69) is 20.9 Å². The summed E-state index contributed by atoms with van der Waals surface area (Å²) in [6.07, 6.45) is 1.01. The molecule has 0 bridgehead atoms. The quantitative estimate of drug-likeness (QED) is 0.137. The van der Waals surface area contributed by atoms with Gasteiger partial charge >= 0.3 is 12.1 Å². The van der Waals surface area contributed by atoms with Crippen LogP contribution >= 0.6 is 11.6 Å². The molecule has 0 saturated carbocycles. The number of aromatic amines is 1. The van der Waals surface area contributed by atoms with E-state index in [0.29, 0.717) is 0 Å². The second kappa shape index (κ2) is 13.2. The van der Waals surface area contributed by atoms with Crippen molar-refractivity contribution in [1.82, 2.24) is 20.9 Å². The van der Waals surface area contributed by atoms with Gasteiger partial charge in [0.2, 0.25) is 0 Å². The van der Waals surface area contributed by atoms with Crippen molar-refractivity contribution in [2.45, 2.75) is 18.5 Å². The molecule has 1 aliphatic carbocycles. The first-order valence-electron chi connectivity index (χ1n) is 14.6. The predicted molar refractivity (Wildman–Crippen MR) is 173 cm³/mol. The van der Waals surface area contributed by atoms with Gasteiger partial charge in [0.15, 0.2) is 0 Å². The Balaban J connectivity index is 1.02. The fourth-order valence-electron chi connectivity index (χ4n) is 5.69. The van der Waals surface area contributed by atoms with Crippen LogP contribution in [0.2, 0.25) is 5.02 Å². The number of hydrogen-bond donors (Lipinski definition) is 5. The monoisotopic (exact) mass is 636 g/mol. The maximum absolute atomic E-state index is 12.9. The maximum Gasteiger partial charge on any atom is 0.407 e. The van der Waals surface area contributed by atoms with Crippen molar-refractivity contribution in [2.24, 2.45) is 0 Å². The van der Waals surface area contributed by atoms with E-state index in [9.17, 15) is 24.3 Å². The summed E-state index contributed by atoms with van der Waals surface area (Å²) in [4.78, 5) is 53.3. The van der Waals surface area contributed by atoms with Crippen molar-refractivity contribution >= 4 is 46.4 Å². The number of aromatic nitrogens is 1. The average Bonchev–Trinajstić information content (AvgIpc) is 3.67. The lowest BCUT2D eigenvalue weighted by molar-refractivity contribution is -0.139. The SMILES string of the molecule is O=C(NC[C@H](NC(=O)c1ccc(C(=O)NCc2cccc3[nH]ccc23)cc1Cl)C(=O)O)OCC1c2ccccc2-c2ccccc21. The van der Waals surface area contributed by atoms with E-state index in [-0.39, 0.29) is 35.2 Å². The van der Waals surface area contributed by atoms with Crippen LogP contribution in [0.1, 0.15) is 43.3 Å². The van der Waals surface area contributed by atoms with Gasteiger partial charge in [-0.25, -0.2) is 9.59 Å². The first-order chi connectivity index (χ1) is 22.3. The number of carbonyl (C=O) groups is 4. The highest BCUT2D eigenvalue weighted by atomic mass is 35.5. The lowest BCUT2D eigenvalue weighted by atomic mass is 9.98.